The number of rotatable bonds is 8. The van der Waals surface area contributed by atoms with Crippen molar-refractivity contribution in [2.24, 2.45) is 4.99 Å². The second-order valence-electron chi connectivity index (χ2n) is 9.06. The van der Waals surface area contributed by atoms with Crippen LogP contribution in [0.3, 0.4) is 0 Å². The van der Waals surface area contributed by atoms with Crippen LogP contribution in [0.15, 0.2) is 93.9 Å². The van der Waals surface area contributed by atoms with E-state index < -0.39 is 12.0 Å². The number of esters is 1. The first-order valence-electron chi connectivity index (χ1n) is 12.7. The monoisotopic (exact) mass is 574 g/mol. The van der Waals surface area contributed by atoms with Crippen molar-refractivity contribution in [3.05, 3.63) is 125 Å². The Bertz CT molecular complexity index is 1760. The number of thiazole rings is 1. The molecule has 1 atom stereocenters. The SMILES string of the molecule is CCOC(=O)C1=C(C)N=c2s/c(=C\c3cccc(OCc4ccc(Cl)cc4)c3)c(=O)n2[C@H]1c1ccc(OC)cc1. The molecular formula is C31H27ClN2O5S. The Morgan fingerprint density at radius 2 is 1.82 bits per heavy atom. The maximum atomic E-state index is 13.8. The molecule has 1 aliphatic rings. The maximum absolute atomic E-state index is 13.8. The van der Waals surface area contributed by atoms with Crippen LogP contribution in [0.5, 0.6) is 11.5 Å². The van der Waals surface area contributed by atoms with Gasteiger partial charge in [-0.05, 0) is 73.0 Å². The van der Waals surface area contributed by atoms with E-state index in [0.717, 1.165) is 16.7 Å². The van der Waals surface area contributed by atoms with Crippen LogP contribution in [0.1, 0.15) is 36.6 Å². The van der Waals surface area contributed by atoms with E-state index in [1.165, 1.54) is 11.3 Å². The van der Waals surface area contributed by atoms with E-state index >= 15 is 0 Å². The number of fused-ring (bicyclic) bond motifs is 1. The van der Waals surface area contributed by atoms with Crippen LogP contribution >= 0.6 is 22.9 Å². The molecule has 2 heterocycles. The summed E-state index contributed by atoms with van der Waals surface area (Å²) in [7, 11) is 1.59. The molecule has 0 unspecified atom stereocenters. The molecule has 4 aromatic rings. The molecule has 9 heteroatoms. The van der Waals surface area contributed by atoms with Crippen molar-refractivity contribution in [2.45, 2.75) is 26.5 Å². The van der Waals surface area contributed by atoms with Gasteiger partial charge in [0.15, 0.2) is 4.80 Å². The van der Waals surface area contributed by atoms with E-state index in [0.29, 0.717) is 43.7 Å². The van der Waals surface area contributed by atoms with Crippen LogP contribution in [0.4, 0.5) is 0 Å². The minimum Gasteiger partial charge on any atom is -0.497 e. The Hall–Kier alpha value is -4.14. The number of allylic oxidation sites excluding steroid dienone is 1. The van der Waals surface area contributed by atoms with Crippen molar-refractivity contribution < 1.29 is 19.0 Å². The minimum absolute atomic E-state index is 0.214. The lowest BCUT2D eigenvalue weighted by Gasteiger charge is -2.24. The first-order chi connectivity index (χ1) is 19.4. The summed E-state index contributed by atoms with van der Waals surface area (Å²) in [6, 6.07) is 21.6. The number of hydrogen-bond donors (Lipinski definition) is 0. The molecule has 0 saturated heterocycles. The van der Waals surface area contributed by atoms with E-state index in [4.69, 9.17) is 25.8 Å². The predicted octanol–water partition coefficient (Wildman–Crippen LogP) is 5.04. The fourth-order valence-electron chi connectivity index (χ4n) is 4.49. The summed E-state index contributed by atoms with van der Waals surface area (Å²) in [4.78, 5) is 32.0. The van der Waals surface area contributed by atoms with Crippen molar-refractivity contribution >= 4 is 35.0 Å². The number of halogens is 1. The summed E-state index contributed by atoms with van der Waals surface area (Å²) in [6.45, 7) is 4.12. The first kappa shape index (κ1) is 27.4. The normalized spacial score (nSPS) is 14.9. The molecule has 0 spiro atoms. The van der Waals surface area contributed by atoms with Crippen LogP contribution in [0.25, 0.3) is 6.08 Å². The van der Waals surface area contributed by atoms with Gasteiger partial charge in [0.25, 0.3) is 5.56 Å². The molecular weight excluding hydrogens is 548 g/mol. The number of ether oxygens (including phenoxy) is 3. The molecule has 0 radical (unpaired) electrons. The Kier molecular flexibility index (Phi) is 8.19. The third kappa shape index (κ3) is 5.73. The van der Waals surface area contributed by atoms with Crippen LogP contribution < -0.4 is 24.4 Å². The lowest BCUT2D eigenvalue weighted by molar-refractivity contribution is -0.139. The number of carbonyl (C=O) groups is 1. The van der Waals surface area contributed by atoms with E-state index in [1.54, 1.807) is 37.7 Å². The Morgan fingerprint density at radius 1 is 1.07 bits per heavy atom. The summed E-state index contributed by atoms with van der Waals surface area (Å²) >= 11 is 7.25. The Labute approximate surface area is 240 Å². The van der Waals surface area contributed by atoms with Gasteiger partial charge < -0.3 is 14.2 Å². The highest BCUT2D eigenvalue weighted by molar-refractivity contribution is 7.07. The zero-order valence-electron chi connectivity index (χ0n) is 22.2. The highest BCUT2D eigenvalue weighted by Gasteiger charge is 2.33. The fourth-order valence-corrected chi connectivity index (χ4v) is 5.66. The van der Waals surface area contributed by atoms with Gasteiger partial charge >= 0.3 is 5.97 Å². The van der Waals surface area contributed by atoms with Gasteiger partial charge in [0.2, 0.25) is 0 Å². The van der Waals surface area contributed by atoms with Gasteiger partial charge in [-0.2, -0.15) is 0 Å². The van der Waals surface area contributed by atoms with Gasteiger partial charge in [0.1, 0.15) is 18.1 Å². The summed E-state index contributed by atoms with van der Waals surface area (Å²) in [5, 5.41) is 0.672. The van der Waals surface area contributed by atoms with Crippen molar-refractivity contribution in [3.8, 4) is 11.5 Å². The highest BCUT2D eigenvalue weighted by atomic mass is 35.5. The Morgan fingerprint density at radius 3 is 2.52 bits per heavy atom. The summed E-state index contributed by atoms with van der Waals surface area (Å²) in [5.41, 5.74) is 3.17. The summed E-state index contributed by atoms with van der Waals surface area (Å²) in [5.74, 6) is 0.852. The topological polar surface area (TPSA) is 79.1 Å². The third-order valence-corrected chi connectivity index (χ3v) is 7.66. The van der Waals surface area contributed by atoms with Crippen molar-refractivity contribution in [3.63, 3.8) is 0 Å². The molecule has 0 aliphatic carbocycles. The smallest absolute Gasteiger partial charge is 0.338 e. The van der Waals surface area contributed by atoms with Crippen molar-refractivity contribution in [1.29, 1.82) is 0 Å². The van der Waals surface area contributed by atoms with E-state index in [2.05, 4.69) is 4.99 Å². The minimum atomic E-state index is -0.683. The molecule has 204 valence electrons. The van der Waals surface area contributed by atoms with Crippen LogP contribution in [0, 0.1) is 0 Å². The molecule has 0 bridgehead atoms. The maximum Gasteiger partial charge on any atom is 0.338 e. The van der Waals surface area contributed by atoms with Gasteiger partial charge in [0, 0.05) is 5.02 Å². The average molecular weight is 575 g/mol. The second kappa shape index (κ2) is 11.9. The number of aromatic nitrogens is 1. The molecule has 5 rings (SSSR count). The molecule has 1 aromatic heterocycles. The zero-order chi connectivity index (χ0) is 28.2. The summed E-state index contributed by atoms with van der Waals surface area (Å²) in [6.07, 6.45) is 1.81. The van der Waals surface area contributed by atoms with E-state index in [1.807, 2.05) is 66.7 Å². The van der Waals surface area contributed by atoms with Gasteiger partial charge in [-0.1, -0.05) is 59.3 Å². The van der Waals surface area contributed by atoms with Gasteiger partial charge in [0.05, 0.1) is 35.6 Å². The predicted molar refractivity (Wildman–Crippen MR) is 156 cm³/mol. The molecule has 0 amide bonds. The molecule has 0 saturated carbocycles. The Balaban J connectivity index is 1.53. The van der Waals surface area contributed by atoms with Crippen LogP contribution in [-0.4, -0.2) is 24.3 Å². The van der Waals surface area contributed by atoms with Gasteiger partial charge in [-0.3, -0.25) is 9.36 Å². The third-order valence-electron chi connectivity index (χ3n) is 6.42. The number of carbonyl (C=O) groups excluding carboxylic acids is 1. The van der Waals surface area contributed by atoms with Crippen molar-refractivity contribution in [2.75, 3.05) is 13.7 Å². The second-order valence-corrected chi connectivity index (χ2v) is 10.5. The molecule has 7 nitrogen and oxygen atoms in total. The number of nitrogens with zero attached hydrogens (tertiary/aromatic N) is 2. The number of hydrogen-bond acceptors (Lipinski definition) is 7. The largest absolute Gasteiger partial charge is 0.497 e. The molecule has 3 aromatic carbocycles. The number of benzene rings is 3. The lowest BCUT2D eigenvalue weighted by atomic mass is 9.96. The molecule has 1 aliphatic heterocycles. The lowest BCUT2D eigenvalue weighted by Crippen LogP contribution is -2.39. The molecule has 0 N–H and O–H groups in total. The standard InChI is InChI=1S/C31H27ClN2O5S/c1-4-38-30(36)27-19(2)33-31-34(28(27)22-10-14-24(37-3)15-11-22)29(35)26(40-31)17-21-6-5-7-25(16-21)39-18-20-8-12-23(32)13-9-20/h5-17,28H,4,18H2,1-3H3/b26-17-/t28-/m0/s1. The molecule has 0 fully saturated rings. The van der Waals surface area contributed by atoms with Gasteiger partial charge in [-0.25, -0.2) is 9.79 Å². The van der Waals surface area contributed by atoms with E-state index in [-0.39, 0.29) is 12.2 Å². The van der Waals surface area contributed by atoms with Crippen LogP contribution in [0.2, 0.25) is 5.02 Å². The first-order valence-corrected chi connectivity index (χ1v) is 13.9. The highest BCUT2D eigenvalue weighted by Crippen LogP contribution is 2.31. The zero-order valence-corrected chi connectivity index (χ0v) is 23.8. The average Bonchev–Trinajstić information content (AvgIpc) is 3.26. The fraction of sp³-hybridized carbons (Fsp3) is 0.194. The van der Waals surface area contributed by atoms with Crippen LogP contribution in [-0.2, 0) is 16.1 Å². The quantitative estimate of drug-likeness (QED) is 0.276. The number of methoxy groups -OCH3 is 1. The van der Waals surface area contributed by atoms with E-state index in [9.17, 15) is 9.59 Å². The van der Waals surface area contributed by atoms with Gasteiger partial charge in [-0.15, -0.1) is 0 Å². The summed E-state index contributed by atoms with van der Waals surface area (Å²) < 4.78 is 18.7. The molecule has 40 heavy (non-hydrogen) atoms. The van der Waals surface area contributed by atoms with Crippen molar-refractivity contribution in [1.82, 2.24) is 4.57 Å².